The van der Waals surface area contributed by atoms with E-state index < -0.39 is 28.7 Å². The molecule has 0 spiro atoms. The van der Waals surface area contributed by atoms with E-state index in [1.807, 2.05) is 0 Å². The van der Waals surface area contributed by atoms with Gasteiger partial charge in [0, 0.05) is 24.9 Å². The first-order valence-corrected chi connectivity index (χ1v) is 7.20. The molecule has 1 saturated heterocycles. The average Bonchev–Trinajstić information content (AvgIpc) is 2.78. The van der Waals surface area contributed by atoms with Crippen molar-refractivity contribution in [3.63, 3.8) is 0 Å². The SMILES string of the molecule is O=C1C[C@H](Sc2ncccn2)C(=O)N1c1ccc(F)c(F)c1. The zero-order valence-corrected chi connectivity index (χ0v) is 11.9. The summed E-state index contributed by atoms with van der Waals surface area (Å²) in [5.74, 6) is -3.11. The van der Waals surface area contributed by atoms with E-state index in [-0.39, 0.29) is 12.1 Å². The van der Waals surface area contributed by atoms with Crippen LogP contribution in [0.2, 0.25) is 0 Å². The quantitative estimate of drug-likeness (QED) is 0.640. The minimum Gasteiger partial charge on any atom is -0.274 e. The smallest absolute Gasteiger partial charge is 0.247 e. The lowest BCUT2D eigenvalue weighted by Gasteiger charge is -2.14. The van der Waals surface area contributed by atoms with Crippen molar-refractivity contribution in [3.8, 4) is 0 Å². The fourth-order valence-electron chi connectivity index (χ4n) is 2.07. The molecule has 8 heteroatoms. The van der Waals surface area contributed by atoms with Crippen molar-refractivity contribution < 1.29 is 18.4 Å². The number of rotatable bonds is 3. The second-order valence-corrected chi connectivity index (χ2v) is 5.68. The van der Waals surface area contributed by atoms with Crippen LogP contribution in [0.25, 0.3) is 0 Å². The highest BCUT2D eigenvalue weighted by atomic mass is 32.2. The van der Waals surface area contributed by atoms with Crippen LogP contribution in [-0.4, -0.2) is 27.0 Å². The molecule has 1 fully saturated rings. The van der Waals surface area contributed by atoms with Crippen molar-refractivity contribution in [1.29, 1.82) is 0 Å². The Kier molecular flexibility index (Phi) is 3.84. The van der Waals surface area contributed by atoms with E-state index in [9.17, 15) is 18.4 Å². The first kappa shape index (κ1) is 14.6. The van der Waals surface area contributed by atoms with Crippen molar-refractivity contribution in [2.45, 2.75) is 16.8 Å². The topological polar surface area (TPSA) is 63.2 Å². The Bertz CT molecular complexity index is 742. The van der Waals surface area contributed by atoms with Gasteiger partial charge in [0.2, 0.25) is 11.8 Å². The van der Waals surface area contributed by atoms with Gasteiger partial charge in [0.1, 0.15) is 5.25 Å². The van der Waals surface area contributed by atoms with Gasteiger partial charge in [0.05, 0.1) is 5.69 Å². The lowest BCUT2D eigenvalue weighted by molar-refractivity contribution is -0.121. The van der Waals surface area contributed by atoms with Crippen molar-refractivity contribution in [3.05, 3.63) is 48.3 Å². The maximum Gasteiger partial charge on any atom is 0.247 e. The summed E-state index contributed by atoms with van der Waals surface area (Å²) < 4.78 is 26.2. The fourth-order valence-corrected chi connectivity index (χ4v) is 3.00. The van der Waals surface area contributed by atoms with Crippen LogP contribution in [0.5, 0.6) is 0 Å². The molecule has 0 radical (unpaired) electrons. The molecular formula is C14H9F2N3O2S. The van der Waals surface area contributed by atoms with E-state index in [0.29, 0.717) is 5.16 Å². The molecule has 1 aromatic heterocycles. The molecule has 2 heterocycles. The molecule has 112 valence electrons. The van der Waals surface area contributed by atoms with Crippen molar-refractivity contribution in [1.82, 2.24) is 9.97 Å². The predicted molar refractivity (Wildman–Crippen MR) is 75.1 cm³/mol. The number of nitrogens with zero attached hydrogens (tertiary/aromatic N) is 3. The summed E-state index contributed by atoms with van der Waals surface area (Å²) in [7, 11) is 0. The van der Waals surface area contributed by atoms with Gasteiger partial charge in [-0.25, -0.2) is 23.6 Å². The summed E-state index contributed by atoms with van der Waals surface area (Å²) in [6.07, 6.45) is 3.02. The van der Waals surface area contributed by atoms with Crippen LogP contribution < -0.4 is 4.90 Å². The van der Waals surface area contributed by atoms with E-state index >= 15 is 0 Å². The van der Waals surface area contributed by atoms with E-state index in [4.69, 9.17) is 0 Å². The molecule has 22 heavy (non-hydrogen) atoms. The molecule has 1 aliphatic rings. The van der Waals surface area contributed by atoms with Crippen LogP contribution in [0.1, 0.15) is 6.42 Å². The molecule has 1 atom stereocenters. The van der Waals surface area contributed by atoms with E-state index in [0.717, 1.165) is 28.8 Å². The first-order chi connectivity index (χ1) is 10.6. The molecule has 2 aromatic rings. The average molecular weight is 321 g/mol. The summed E-state index contributed by atoms with van der Waals surface area (Å²) >= 11 is 1.07. The second kappa shape index (κ2) is 5.80. The highest BCUT2D eigenvalue weighted by Crippen LogP contribution is 2.32. The second-order valence-electron chi connectivity index (χ2n) is 4.51. The van der Waals surface area contributed by atoms with Gasteiger partial charge in [-0.1, -0.05) is 11.8 Å². The molecule has 0 saturated carbocycles. The Morgan fingerprint density at radius 1 is 1.14 bits per heavy atom. The maximum absolute atomic E-state index is 13.3. The number of hydrogen-bond donors (Lipinski definition) is 0. The van der Waals surface area contributed by atoms with Crippen LogP contribution in [0, 0.1) is 11.6 Å². The number of thioether (sulfide) groups is 1. The van der Waals surface area contributed by atoms with Crippen LogP contribution in [-0.2, 0) is 9.59 Å². The normalized spacial score (nSPS) is 18.1. The standard InChI is InChI=1S/C14H9F2N3O2S/c15-9-3-2-8(6-10(9)16)19-12(20)7-11(13(19)21)22-14-17-4-1-5-18-14/h1-6,11H,7H2/t11-/m0/s1. The predicted octanol–water partition coefficient (Wildman–Crippen LogP) is 2.18. The summed E-state index contributed by atoms with van der Waals surface area (Å²) in [6.45, 7) is 0. The number of aromatic nitrogens is 2. The van der Waals surface area contributed by atoms with E-state index in [1.165, 1.54) is 18.5 Å². The minimum absolute atomic E-state index is 0.0194. The van der Waals surface area contributed by atoms with Crippen molar-refractivity contribution >= 4 is 29.3 Å². The van der Waals surface area contributed by atoms with Crippen molar-refractivity contribution in [2.75, 3.05) is 4.90 Å². The van der Waals surface area contributed by atoms with Gasteiger partial charge in [-0.05, 0) is 18.2 Å². The molecule has 1 aromatic carbocycles. The first-order valence-electron chi connectivity index (χ1n) is 6.32. The number of amides is 2. The van der Waals surface area contributed by atoms with Gasteiger partial charge in [0.25, 0.3) is 0 Å². The van der Waals surface area contributed by atoms with Crippen LogP contribution in [0.4, 0.5) is 14.5 Å². The van der Waals surface area contributed by atoms with Gasteiger partial charge in [-0.15, -0.1) is 0 Å². The molecule has 0 N–H and O–H groups in total. The zero-order chi connectivity index (χ0) is 15.7. The van der Waals surface area contributed by atoms with Crippen LogP contribution in [0.15, 0.2) is 41.8 Å². The van der Waals surface area contributed by atoms with Crippen molar-refractivity contribution in [2.24, 2.45) is 0 Å². The summed E-state index contributed by atoms with van der Waals surface area (Å²) in [4.78, 5) is 33.2. The third kappa shape index (κ3) is 2.69. The lowest BCUT2D eigenvalue weighted by Crippen LogP contribution is -2.31. The molecule has 1 aliphatic heterocycles. The Labute approximate surface area is 128 Å². The number of hydrogen-bond acceptors (Lipinski definition) is 5. The van der Waals surface area contributed by atoms with Gasteiger partial charge in [-0.2, -0.15) is 0 Å². The Hall–Kier alpha value is -2.35. The molecule has 3 rings (SSSR count). The number of benzene rings is 1. The largest absolute Gasteiger partial charge is 0.274 e. The summed E-state index contributed by atoms with van der Waals surface area (Å²) in [5, 5.41) is -0.302. The number of carbonyl (C=O) groups excluding carboxylic acids is 2. The molecule has 0 aliphatic carbocycles. The van der Waals surface area contributed by atoms with Gasteiger partial charge >= 0.3 is 0 Å². The Balaban J connectivity index is 1.83. The zero-order valence-electron chi connectivity index (χ0n) is 11.1. The third-order valence-electron chi connectivity index (χ3n) is 3.06. The minimum atomic E-state index is -1.11. The number of imide groups is 1. The molecule has 0 unspecified atom stereocenters. The third-order valence-corrected chi connectivity index (χ3v) is 4.13. The number of halogens is 2. The summed E-state index contributed by atoms with van der Waals surface area (Å²) in [5.41, 5.74) is 0.0194. The van der Waals surface area contributed by atoms with Gasteiger partial charge in [-0.3, -0.25) is 9.59 Å². The van der Waals surface area contributed by atoms with Gasteiger partial charge < -0.3 is 0 Å². The van der Waals surface area contributed by atoms with Crippen LogP contribution >= 0.6 is 11.8 Å². The lowest BCUT2D eigenvalue weighted by atomic mass is 10.3. The van der Waals surface area contributed by atoms with Gasteiger partial charge in [0.15, 0.2) is 16.8 Å². The van der Waals surface area contributed by atoms with E-state index in [2.05, 4.69) is 9.97 Å². The molecule has 2 amide bonds. The number of anilines is 1. The maximum atomic E-state index is 13.3. The molecular weight excluding hydrogens is 312 g/mol. The highest BCUT2D eigenvalue weighted by molar-refractivity contribution is 8.00. The number of carbonyl (C=O) groups is 2. The Morgan fingerprint density at radius 2 is 1.86 bits per heavy atom. The summed E-state index contributed by atoms with van der Waals surface area (Å²) in [6, 6.07) is 4.54. The molecule has 0 bridgehead atoms. The highest BCUT2D eigenvalue weighted by Gasteiger charge is 2.40. The fraction of sp³-hybridized carbons (Fsp3) is 0.143. The monoisotopic (exact) mass is 321 g/mol. The molecule has 5 nitrogen and oxygen atoms in total. The Morgan fingerprint density at radius 3 is 2.55 bits per heavy atom. The van der Waals surface area contributed by atoms with Crippen LogP contribution in [0.3, 0.4) is 0 Å². The van der Waals surface area contributed by atoms with E-state index in [1.54, 1.807) is 6.07 Å².